The van der Waals surface area contributed by atoms with Crippen LogP contribution in [-0.4, -0.2) is 15.5 Å². The molecule has 0 amide bonds. The van der Waals surface area contributed by atoms with Crippen LogP contribution in [-0.2, 0) is 21.3 Å². The highest BCUT2D eigenvalue weighted by molar-refractivity contribution is 7.96. The van der Waals surface area contributed by atoms with Crippen LogP contribution in [0.15, 0.2) is 89.2 Å². The van der Waals surface area contributed by atoms with E-state index < -0.39 is 21.8 Å². The number of ether oxygens (including phenoxy) is 2. The van der Waals surface area contributed by atoms with Crippen molar-refractivity contribution in [3.63, 3.8) is 0 Å². The van der Waals surface area contributed by atoms with Crippen LogP contribution in [0.3, 0.4) is 0 Å². The first-order valence-corrected chi connectivity index (χ1v) is 12.1. The van der Waals surface area contributed by atoms with E-state index in [9.17, 15) is 18.1 Å². The lowest BCUT2D eigenvalue weighted by atomic mass is 9.88. The summed E-state index contributed by atoms with van der Waals surface area (Å²) in [6, 6.07) is 21.4. The maximum Gasteiger partial charge on any atom is 0.265 e. The Morgan fingerprint density at radius 1 is 1.09 bits per heavy atom. The summed E-state index contributed by atoms with van der Waals surface area (Å²) in [6.07, 6.45) is 0. The van der Waals surface area contributed by atoms with Gasteiger partial charge >= 0.3 is 0 Å². The molecular formula is C26H20FN3O4S. The first kappa shape index (κ1) is 22.5. The predicted octanol–water partition coefficient (Wildman–Crippen LogP) is 4.36. The fourth-order valence-electron chi connectivity index (χ4n) is 4.36. The van der Waals surface area contributed by atoms with Crippen LogP contribution in [0.25, 0.3) is 5.76 Å². The summed E-state index contributed by atoms with van der Waals surface area (Å²) < 4.78 is 54.1. The fourth-order valence-corrected chi connectivity index (χ4v) is 6.28. The minimum atomic E-state index is -4.20. The number of nitrogens with two attached hydrogens (primary N) is 1. The van der Waals surface area contributed by atoms with Crippen molar-refractivity contribution in [1.29, 1.82) is 5.26 Å². The monoisotopic (exact) mass is 489 g/mol. The molecule has 2 aliphatic rings. The molecule has 0 radical (unpaired) electrons. The van der Waals surface area contributed by atoms with Crippen molar-refractivity contribution in [3.8, 4) is 11.8 Å². The van der Waals surface area contributed by atoms with Crippen LogP contribution in [0.5, 0.6) is 5.75 Å². The number of rotatable bonds is 4. The van der Waals surface area contributed by atoms with Gasteiger partial charge in [-0.1, -0.05) is 36.4 Å². The Balaban J connectivity index is 1.73. The van der Waals surface area contributed by atoms with Crippen LogP contribution in [0.4, 0.5) is 10.1 Å². The van der Waals surface area contributed by atoms with E-state index in [4.69, 9.17) is 15.2 Å². The van der Waals surface area contributed by atoms with Crippen molar-refractivity contribution in [2.75, 3.05) is 11.4 Å². The number of anilines is 1. The maximum atomic E-state index is 14.2. The molecule has 2 aliphatic heterocycles. The third-order valence-electron chi connectivity index (χ3n) is 6.05. The Labute approximate surface area is 202 Å². The number of hydrogen-bond acceptors (Lipinski definition) is 6. The molecule has 0 fully saturated rings. The van der Waals surface area contributed by atoms with Gasteiger partial charge in [-0.2, -0.15) is 5.26 Å². The number of methoxy groups -OCH3 is 1. The molecule has 2 N–H and O–H groups in total. The number of sulfonamides is 1. The smallest absolute Gasteiger partial charge is 0.265 e. The van der Waals surface area contributed by atoms with Gasteiger partial charge in [0.05, 0.1) is 25.3 Å². The van der Waals surface area contributed by atoms with E-state index in [2.05, 4.69) is 0 Å². The molecule has 0 saturated heterocycles. The van der Waals surface area contributed by atoms with Crippen LogP contribution in [0.2, 0.25) is 0 Å². The van der Waals surface area contributed by atoms with Gasteiger partial charge in [-0.3, -0.25) is 4.31 Å². The van der Waals surface area contributed by atoms with Crippen molar-refractivity contribution in [3.05, 3.63) is 112 Å². The van der Waals surface area contributed by atoms with E-state index in [0.29, 0.717) is 28.1 Å². The highest BCUT2D eigenvalue weighted by atomic mass is 32.2. The molecule has 7 nitrogen and oxygen atoms in total. The van der Waals surface area contributed by atoms with Gasteiger partial charge in [-0.25, -0.2) is 12.8 Å². The highest BCUT2D eigenvalue weighted by Gasteiger charge is 2.47. The first-order chi connectivity index (χ1) is 16.8. The van der Waals surface area contributed by atoms with Gasteiger partial charge in [0.25, 0.3) is 10.0 Å². The molecule has 5 rings (SSSR count). The maximum absolute atomic E-state index is 14.2. The van der Waals surface area contributed by atoms with E-state index in [1.54, 1.807) is 48.5 Å². The molecule has 0 unspecified atom stereocenters. The number of halogens is 1. The quantitative estimate of drug-likeness (QED) is 0.584. The average molecular weight is 490 g/mol. The molecule has 176 valence electrons. The van der Waals surface area contributed by atoms with E-state index in [-0.39, 0.29) is 28.7 Å². The molecule has 1 atom stereocenters. The normalized spacial score (nSPS) is 18.3. The Morgan fingerprint density at radius 2 is 1.77 bits per heavy atom. The summed E-state index contributed by atoms with van der Waals surface area (Å²) in [5.41, 5.74) is 8.20. The van der Waals surface area contributed by atoms with E-state index >= 15 is 0 Å². The zero-order valence-corrected chi connectivity index (χ0v) is 19.4. The minimum Gasteiger partial charge on any atom is -0.497 e. The zero-order chi connectivity index (χ0) is 24.7. The van der Waals surface area contributed by atoms with Gasteiger partial charge in [-0.05, 0) is 47.5 Å². The first-order valence-electron chi connectivity index (χ1n) is 10.7. The van der Waals surface area contributed by atoms with Gasteiger partial charge < -0.3 is 15.2 Å². The fraction of sp³-hybridized carbons (Fsp3) is 0.115. The minimum absolute atomic E-state index is 0.00129. The Kier molecular flexibility index (Phi) is 5.46. The van der Waals surface area contributed by atoms with Crippen molar-refractivity contribution < 1.29 is 22.3 Å². The molecular weight excluding hydrogens is 469 g/mol. The third-order valence-corrected chi connectivity index (χ3v) is 7.93. The Hall–Kier alpha value is -4.29. The van der Waals surface area contributed by atoms with Crippen molar-refractivity contribution >= 4 is 21.5 Å². The number of hydrogen-bond donors (Lipinski definition) is 1. The molecule has 2 heterocycles. The molecule has 9 heteroatoms. The zero-order valence-electron chi connectivity index (χ0n) is 18.6. The molecule has 0 bridgehead atoms. The van der Waals surface area contributed by atoms with Gasteiger partial charge in [0.15, 0.2) is 5.76 Å². The van der Waals surface area contributed by atoms with Crippen molar-refractivity contribution in [1.82, 2.24) is 0 Å². The van der Waals surface area contributed by atoms with E-state index in [0.717, 1.165) is 0 Å². The summed E-state index contributed by atoms with van der Waals surface area (Å²) in [4.78, 5) is -0.0748. The van der Waals surface area contributed by atoms with E-state index in [1.807, 2.05) is 6.07 Å². The molecule has 0 aromatic heterocycles. The largest absolute Gasteiger partial charge is 0.497 e. The van der Waals surface area contributed by atoms with Crippen molar-refractivity contribution in [2.45, 2.75) is 12.5 Å². The molecule has 0 spiro atoms. The lowest BCUT2D eigenvalue weighted by Crippen LogP contribution is -2.39. The highest BCUT2D eigenvalue weighted by Crippen LogP contribution is 2.51. The van der Waals surface area contributed by atoms with E-state index in [1.165, 1.54) is 35.7 Å². The van der Waals surface area contributed by atoms with Gasteiger partial charge in [0.1, 0.15) is 28.1 Å². The van der Waals surface area contributed by atoms with Gasteiger partial charge in [0, 0.05) is 5.56 Å². The molecule has 3 aromatic rings. The van der Waals surface area contributed by atoms with Gasteiger partial charge in [0.2, 0.25) is 5.88 Å². The summed E-state index contributed by atoms with van der Waals surface area (Å²) in [5.74, 6) is -0.874. The number of fused-ring (bicyclic) bond motifs is 2. The third kappa shape index (κ3) is 3.68. The number of benzene rings is 3. The number of nitriles is 1. The summed E-state index contributed by atoms with van der Waals surface area (Å²) in [7, 11) is -2.68. The van der Waals surface area contributed by atoms with Crippen molar-refractivity contribution in [2.24, 2.45) is 5.73 Å². The summed E-state index contributed by atoms with van der Waals surface area (Å²) in [5, 5.41) is 9.92. The van der Waals surface area contributed by atoms with Gasteiger partial charge in [-0.15, -0.1) is 0 Å². The molecule has 3 aromatic carbocycles. The second kappa shape index (κ2) is 8.49. The Bertz CT molecular complexity index is 1520. The number of para-hydroxylation sites is 1. The molecule has 35 heavy (non-hydrogen) atoms. The lowest BCUT2D eigenvalue weighted by molar-refractivity contribution is 0.357. The van der Waals surface area contributed by atoms with Crippen LogP contribution in [0, 0.1) is 17.1 Å². The standard InChI is InChI=1S/C26H20FN3O4S/c1-33-19-12-8-17(9-13-19)23-21(14-28)26(29)34-24-20-4-2-3-5-22(20)30(35(31,32)25(23)24)15-16-6-10-18(27)11-7-16/h2-13,23H,15,29H2,1H3/t23-/m1/s1. The summed E-state index contributed by atoms with van der Waals surface area (Å²) in [6.45, 7) is -0.0349. The van der Waals surface area contributed by atoms with Crippen LogP contribution in [0.1, 0.15) is 22.6 Å². The van der Waals surface area contributed by atoms with Crippen LogP contribution >= 0.6 is 0 Å². The number of allylic oxidation sites excluding steroid dienone is 2. The number of nitrogens with zero attached hydrogens (tertiary/aromatic N) is 2. The molecule has 0 aliphatic carbocycles. The second-order valence-corrected chi connectivity index (χ2v) is 9.88. The van der Waals surface area contributed by atoms with Crippen LogP contribution < -0.4 is 14.8 Å². The second-order valence-electron chi connectivity index (χ2n) is 8.05. The summed E-state index contributed by atoms with van der Waals surface area (Å²) >= 11 is 0. The molecule has 0 saturated carbocycles. The topological polar surface area (TPSA) is 106 Å². The SMILES string of the molecule is COc1ccc([C@@H]2C(C#N)=C(N)OC3=C2S(=O)(=O)N(Cc2ccc(F)cc2)c2ccccc23)cc1. The average Bonchev–Trinajstić information content (AvgIpc) is 2.87. The Morgan fingerprint density at radius 3 is 2.43 bits per heavy atom. The predicted molar refractivity (Wildman–Crippen MR) is 129 cm³/mol. The lowest BCUT2D eigenvalue weighted by Gasteiger charge is -2.38.